The number of nitrogens with one attached hydrogen (secondary N) is 1. The van der Waals surface area contributed by atoms with E-state index >= 15 is 0 Å². The highest BCUT2D eigenvalue weighted by Crippen LogP contribution is 2.40. The standard InChI is InChI=1S/C23H27FN2O4S2/c1-32(29)22-14-18-19(13-17(22)24)26-10-4-2-6-16(26)7-3-5-11-30-20-9-8-15(23(27)28)12-21(20)31-25-18/h8-9,12-14,16,25H,2-7,10-11H2,1H3,(H,27,28). The SMILES string of the molecule is C[S+]([O-])c1cc2c(cc1F)N1CCCCC1CCCCOc1ccc(C(=O)O)cc1SN2. The van der Waals surface area contributed by atoms with Crippen molar-refractivity contribution in [2.24, 2.45) is 0 Å². The van der Waals surface area contributed by atoms with Crippen molar-refractivity contribution in [1.82, 2.24) is 0 Å². The van der Waals surface area contributed by atoms with Gasteiger partial charge in [0.2, 0.25) is 0 Å². The minimum atomic E-state index is -1.48. The number of benzene rings is 2. The van der Waals surface area contributed by atoms with Crippen molar-refractivity contribution in [2.45, 2.75) is 54.4 Å². The van der Waals surface area contributed by atoms with Crippen LogP contribution in [0, 0.1) is 5.82 Å². The van der Waals surface area contributed by atoms with Gasteiger partial charge in [-0.2, -0.15) is 0 Å². The van der Waals surface area contributed by atoms with E-state index in [9.17, 15) is 18.8 Å². The summed E-state index contributed by atoms with van der Waals surface area (Å²) in [6, 6.07) is 8.19. The maximum atomic E-state index is 14.9. The molecule has 6 nitrogen and oxygen atoms in total. The normalized spacial score (nSPS) is 20.1. The summed E-state index contributed by atoms with van der Waals surface area (Å²) in [6.45, 7) is 1.39. The van der Waals surface area contributed by atoms with Crippen LogP contribution in [0.5, 0.6) is 5.75 Å². The zero-order chi connectivity index (χ0) is 22.7. The molecule has 9 heteroatoms. The lowest BCUT2D eigenvalue weighted by molar-refractivity contribution is 0.0696. The Balaban J connectivity index is 1.76. The minimum absolute atomic E-state index is 0.144. The molecule has 0 amide bonds. The van der Waals surface area contributed by atoms with Crippen LogP contribution in [-0.4, -0.2) is 41.1 Å². The summed E-state index contributed by atoms with van der Waals surface area (Å²) in [5.41, 5.74) is 1.58. The number of nitrogens with zero attached hydrogens (tertiary/aromatic N) is 1. The molecule has 4 rings (SSSR count). The molecule has 0 bridgehead atoms. The molecule has 32 heavy (non-hydrogen) atoms. The molecule has 172 valence electrons. The van der Waals surface area contributed by atoms with Crippen LogP contribution in [0.15, 0.2) is 40.1 Å². The second kappa shape index (κ2) is 10.2. The summed E-state index contributed by atoms with van der Waals surface area (Å²) in [5.74, 6) is -0.882. The Hall–Kier alpha value is -2.10. The van der Waals surface area contributed by atoms with Crippen LogP contribution in [0.3, 0.4) is 0 Å². The fourth-order valence-corrected chi connectivity index (χ4v) is 5.73. The van der Waals surface area contributed by atoms with E-state index in [0.717, 1.165) is 50.8 Å². The molecule has 2 N–H and O–H groups in total. The van der Waals surface area contributed by atoms with Gasteiger partial charge in [0.05, 0.1) is 28.4 Å². The maximum Gasteiger partial charge on any atom is 0.335 e. The molecule has 1 saturated heterocycles. The van der Waals surface area contributed by atoms with Gasteiger partial charge in [-0.3, -0.25) is 0 Å². The van der Waals surface area contributed by atoms with E-state index in [1.807, 2.05) is 0 Å². The van der Waals surface area contributed by atoms with E-state index in [2.05, 4.69) is 9.62 Å². The fraction of sp³-hybridized carbons (Fsp3) is 0.435. The molecule has 1 fully saturated rings. The average Bonchev–Trinajstić information content (AvgIpc) is 2.79. The number of carbonyl (C=O) groups is 1. The average molecular weight is 479 g/mol. The third-order valence-corrected chi connectivity index (χ3v) is 7.74. The summed E-state index contributed by atoms with van der Waals surface area (Å²) in [7, 11) is 0. The first-order chi connectivity index (χ1) is 15.4. The van der Waals surface area contributed by atoms with Gasteiger partial charge in [0.1, 0.15) is 12.0 Å². The fourth-order valence-electron chi connectivity index (χ4n) is 4.31. The van der Waals surface area contributed by atoms with E-state index in [1.165, 1.54) is 30.3 Å². The van der Waals surface area contributed by atoms with Crippen molar-refractivity contribution >= 4 is 40.5 Å². The number of rotatable bonds is 2. The Bertz CT molecular complexity index is 989. The highest BCUT2D eigenvalue weighted by Gasteiger charge is 2.27. The van der Waals surface area contributed by atoms with Crippen LogP contribution in [0.25, 0.3) is 0 Å². The van der Waals surface area contributed by atoms with Crippen LogP contribution in [-0.2, 0) is 11.2 Å². The Morgan fingerprint density at radius 3 is 2.78 bits per heavy atom. The predicted molar refractivity (Wildman–Crippen MR) is 126 cm³/mol. The van der Waals surface area contributed by atoms with E-state index in [4.69, 9.17) is 4.74 Å². The lowest BCUT2D eigenvalue weighted by atomic mass is 9.96. The van der Waals surface area contributed by atoms with Crippen LogP contribution >= 0.6 is 11.9 Å². The van der Waals surface area contributed by atoms with Gasteiger partial charge in [0, 0.05) is 24.7 Å². The summed E-state index contributed by atoms with van der Waals surface area (Å²) >= 11 is -0.253. The van der Waals surface area contributed by atoms with E-state index in [-0.39, 0.29) is 10.5 Å². The molecular weight excluding hydrogens is 451 g/mol. The third kappa shape index (κ3) is 5.10. The highest BCUT2D eigenvalue weighted by molar-refractivity contribution is 8.00. The van der Waals surface area contributed by atoms with Gasteiger partial charge < -0.3 is 24.0 Å². The van der Waals surface area contributed by atoms with Gasteiger partial charge in [-0.05, 0) is 79.8 Å². The first-order valence-corrected chi connectivity index (χ1v) is 13.2. The van der Waals surface area contributed by atoms with E-state index in [1.54, 1.807) is 18.2 Å². The molecule has 2 unspecified atom stereocenters. The van der Waals surface area contributed by atoms with Gasteiger partial charge in [-0.25, -0.2) is 9.18 Å². The van der Waals surface area contributed by atoms with Crippen molar-refractivity contribution in [1.29, 1.82) is 0 Å². The third-order valence-electron chi connectivity index (χ3n) is 5.95. The van der Waals surface area contributed by atoms with Crippen molar-refractivity contribution in [3.8, 4) is 5.75 Å². The second-order valence-electron chi connectivity index (χ2n) is 8.11. The molecule has 2 atom stereocenters. The summed E-state index contributed by atoms with van der Waals surface area (Å²) in [5, 5.41) is 9.39. The van der Waals surface area contributed by atoms with Crippen molar-refractivity contribution in [2.75, 3.05) is 29.0 Å². The van der Waals surface area contributed by atoms with Gasteiger partial charge >= 0.3 is 5.97 Å². The summed E-state index contributed by atoms with van der Waals surface area (Å²) in [6.07, 6.45) is 7.57. The number of halogens is 1. The Morgan fingerprint density at radius 1 is 1.25 bits per heavy atom. The van der Waals surface area contributed by atoms with Crippen LogP contribution in [0.1, 0.15) is 48.9 Å². The Labute approximate surface area is 194 Å². The molecule has 0 spiro atoms. The van der Waals surface area contributed by atoms with E-state index in [0.29, 0.717) is 29.0 Å². The maximum absolute atomic E-state index is 14.9. The molecule has 2 aliphatic heterocycles. The van der Waals surface area contributed by atoms with Crippen molar-refractivity contribution < 1.29 is 23.6 Å². The topological polar surface area (TPSA) is 84.9 Å². The van der Waals surface area contributed by atoms with Gasteiger partial charge in [-0.15, -0.1) is 0 Å². The van der Waals surface area contributed by atoms with Crippen molar-refractivity contribution in [3.63, 3.8) is 0 Å². The lowest BCUT2D eigenvalue weighted by Gasteiger charge is -2.39. The Kier molecular flexibility index (Phi) is 7.37. The van der Waals surface area contributed by atoms with Gasteiger partial charge in [0.15, 0.2) is 10.7 Å². The molecule has 0 saturated carbocycles. The second-order valence-corrected chi connectivity index (χ2v) is 10.3. The van der Waals surface area contributed by atoms with Crippen LogP contribution in [0.2, 0.25) is 0 Å². The molecule has 2 heterocycles. The quantitative estimate of drug-likeness (QED) is 0.447. The molecule has 0 aromatic heterocycles. The number of fused-ring (bicyclic) bond motifs is 4. The van der Waals surface area contributed by atoms with Crippen molar-refractivity contribution in [3.05, 3.63) is 41.7 Å². The van der Waals surface area contributed by atoms with Crippen LogP contribution < -0.4 is 14.4 Å². The smallest absolute Gasteiger partial charge is 0.335 e. The monoisotopic (exact) mass is 478 g/mol. The molecule has 2 aromatic carbocycles. The number of hydrogen-bond donors (Lipinski definition) is 2. The molecule has 0 radical (unpaired) electrons. The minimum Gasteiger partial charge on any atom is -0.612 e. The zero-order valence-electron chi connectivity index (χ0n) is 17.9. The lowest BCUT2D eigenvalue weighted by Crippen LogP contribution is -2.40. The highest BCUT2D eigenvalue weighted by atomic mass is 32.2. The largest absolute Gasteiger partial charge is 0.612 e. The van der Waals surface area contributed by atoms with Crippen LogP contribution in [0.4, 0.5) is 15.8 Å². The first-order valence-electron chi connectivity index (χ1n) is 10.8. The molecular formula is C23H27FN2O4S2. The number of aromatic carboxylic acids is 1. The number of piperidine rings is 1. The first kappa shape index (κ1) is 23.1. The summed E-state index contributed by atoms with van der Waals surface area (Å²) < 4.78 is 36.2. The zero-order valence-corrected chi connectivity index (χ0v) is 19.6. The molecule has 2 aromatic rings. The van der Waals surface area contributed by atoms with E-state index < -0.39 is 23.0 Å². The summed E-state index contributed by atoms with van der Waals surface area (Å²) in [4.78, 5) is 14.5. The number of hydrogen-bond acceptors (Lipinski definition) is 6. The van der Waals surface area contributed by atoms with Gasteiger partial charge in [-0.1, -0.05) is 0 Å². The Morgan fingerprint density at radius 2 is 2.03 bits per heavy atom. The number of carboxylic acid groups (broad SMARTS) is 1. The molecule has 0 aliphatic carbocycles. The number of carboxylic acids is 1. The number of ether oxygens (including phenoxy) is 1. The molecule has 2 aliphatic rings. The van der Waals surface area contributed by atoms with Gasteiger partial charge in [0.25, 0.3) is 0 Å². The predicted octanol–water partition coefficient (Wildman–Crippen LogP) is 5.30. The number of anilines is 2.